The van der Waals surface area contributed by atoms with Crippen LogP contribution in [0.15, 0.2) is 42.5 Å². The first-order valence-electron chi connectivity index (χ1n) is 6.89. The Hall–Kier alpha value is -2.11. The van der Waals surface area contributed by atoms with E-state index in [1.54, 1.807) is 24.3 Å². The molecule has 0 saturated heterocycles. The summed E-state index contributed by atoms with van der Waals surface area (Å²) in [5, 5.41) is 14.5. The fraction of sp³-hybridized carbons (Fsp3) is 0.188. The molecule has 0 atom stereocenters. The van der Waals surface area contributed by atoms with Crippen LogP contribution in [0, 0.1) is 10.1 Å². The van der Waals surface area contributed by atoms with Gasteiger partial charge in [-0.2, -0.15) is 0 Å². The predicted octanol–water partition coefficient (Wildman–Crippen LogP) is 3.80. The van der Waals surface area contributed by atoms with Crippen LogP contribution in [0.25, 0.3) is 0 Å². The van der Waals surface area contributed by atoms with Gasteiger partial charge in [-0.05, 0) is 29.7 Å². The highest BCUT2D eigenvalue weighted by atomic mass is 35.5. The number of nitro benzene ring substituents is 1. The smallest absolute Gasteiger partial charge is 0.269 e. The van der Waals surface area contributed by atoms with Crippen molar-refractivity contribution in [1.29, 1.82) is 0 Å². The van der Waals surface area contributed by atoms with Crippen molar-refractivity contribution in [2.75, 3.05) is 6.54 Å². The normalized spacial score (nSPS) is 10.3. The molecule has 23 heavy (non-hydrogen) atoms. The van der Waals surface area contributed by atoms with Crippen LogP contribution in [-0.2, 0) is 17.6 Å². The minimum absolute atomic E-state index is 0.00605. The van der Waals surface area contributed by atoms with Crippen molar-refractivity contribution in [2.24, 2.45) is 0 Å². The Balaban J connectivity index is 1.82. The number of hydrogen-bond acceptors (Lipinski definition) is 3. The number of halogens is 2. The molecule has 0 bridgehead atoms. The molecule has 5 nitrogen and oxygen atoms in total. The van der Waals surface area contributed by atoms with Crippen LogP contribution in [0.5, 0.6) is 0 Å². The molecule has 1 amide bonds. The topological polar surface area (TPSA) is 72.2 Å². The Morgan fingerprint density at radius 2 is 1.83 bits per heavy atom. The molecule has 0 aliphatic carbocycles. The summed E-state index contributed by atoms with van der Waals surface area (Å²) in [6.07, 6.45) is 0.772. The van der Waals surface area contributed by atoms with Crippen molar-refractivity contribution in [2.45, 2.75) is 12.8 Å². The number of amides is 1. The summed E-state index contributed by atoms with van der Waals surface area (Å²) in [5.74, 6) is -0.149. The molecule has 7 heteroatoms. The molecule has 0 aromatic heterocycles. The van der Waals surface area contributed by atoms with Crippen LogP contribution < -0.4 is 5.32 Å². The Bertz CT molecular complexity index is 718. The minimum atomic E-state index is -0.473. The van der Waals surface area contributed by atoms with E-state index in [0.29, 0.717) is 23.0 Å². The average molecular weight is 353 g/mol. The monoisotopic (exact) mass is 352 g/mol. The van der Waals surface area contributed by atoms with Gasteiger partial charge in [-0.15, -0.1) is 0 Å². The summed E-state index contributed by atoms with van der Waals surface area (Å²) in [4.78, 5) is 22.0. The molecule has 0 aliphatic heterocycles. The van der Waals surface area contributed by atoms with E-state index < -0.39 is 4.92 Å². The Kier molecular flexibility index (Phi) is 5.96. The highest BCUT2D eigenvalue weighted by Crippen LogP contribution is 2.21. The molecule has 0 spiro atoms. The van der Waals surface area contributed by atoms with Gasteiger partial charge < -0.3 is 5.32 Å². The second-order valence-electron chi connectivity index (χ2n) is 4.94. The van der Waals surface area contributed by atoms with Crippen molar-refractivity contribution < 1.29 is 9.72 Å². The third-order valence-electron chi connectivity index (χ3n) is 3.24. The molecule has 2 aromatic rings. The van der Waals surface area contributed by atoms with Gasteiger partial charge in [0.2, 0.25) is 5.91 Å². The fourth-order valence-corrected chi connectivity index (χ4v) is 2.55. The van der Waals surface area contributed by atoms with Crippen LogP contribution in [-0.4, -0.2) is 17.4 Å². The van der Waals surface area contributed by atoms with Crippen LogP contribution in [0.2, 0.25) is 10.0 Å². The fourth-order valence-electron chi connectivity index (χ4n) is 2.04. The van der Waals surface area contributed by atoms with Gasteiger partial charge >= 0.3 is 0 Å². The molecule has 2 rings (SSSR count). The van der Waals surface area contributed by atoms with E-state index in [9.17, 15) is 14.9 Å². The molecular weight excluding hydrogens is 339 g/mol. The van der Waals surface area contributed by atoms with Gasteiger partial charge in [-0.3, -0.25) is 14.9 Å². The maximum Gasteiger partial charge on any atom is 0.269 e. The number of nitrogens with zero attached hydrogens (tertiary/aromatic N) is 1. The maximum absolute atomic E-state index is 11.9. The first-order valence-corrected chi connectivity index (χ1v) is 7.65. The lowest BCUT2D eigenvalue weighted by Crippen LogP contribution is -2.27. The highest BCUT2D eigenvalue weighted by molar-refractivity contribution is 6.35. The molecule has 0 saturated carbocycles. The van der Waals surface area contributed by atoms with Crippen LogP contribution in [0.3, 0.4) is 0 Å². The number of carbonyl (C=O) groups is 1. The molecule has 0 fully saturated rings. The van der Waals surface area contributed by atoms with E-state index in [2.05, 4.69) is 5.32 Å². The van der Waals surface area contributed by atoms with Gasteiger partial charge in [0.1, 0.15) is 0 Å². The Labute approximate surface area is 143 Å². The molecule has 1 N–H and O–H groups in total. The lowest BCUT2D eigenvalue weighted by molar-refractivity contribution is -0.384. The molecule has 120 valence electrons. The summed E-state index contributed by atoms with van der Waals surface area (Å²) in [5.41, 5.74) is 1.64. The zero-order valence-electron chi connectivity index (χ0n) is 12.1. The zero-order valence-corrected chi connectivity index (χ0v) is 13.6. The van der Waals surface area contributed by atoms with E-state index in [1.165, 1.54) is 12.1 Å². The summed E-state index contributed by atoms with van der Waals surface area (Å²) >= 11 is 11.9. The van der Waals surface area contributed by atoms with Crippen molar-refractivity contribution in [3.63, 3.8) is 0 Å². The third kappa shape index (κ3) is 5.23. The highest BCUT2D eigenvalue weighted by Gasteiger charge is 2.08. The van der Waals surface area contributed by atoms with Crippen molar-refractivity contribution in [3.05, 3.63) is 73.8 Å². The first-order chi connectivity index (χ1) is 11.0. The van der Waals surface area contributed by atoms with Crippen molar-refractivity contribution in [1.82, 2.24) is 5.32 Å². The Morgan fingerprint density at radius 1 is 1.13 bits per heavy atom. The average Bonchev–Trinajstić information content (AvgIpc) is 2.50. The largest absolute Gasteiger partial charge is 0.355 e. The molecule has 0 heterocycles. The lowest BCUT2D eigenvalue weighted by atomic mass is 10.1. The zero-order chi connectivity index (χ0) is 16.8. The summed E-state index contributed by atoms with van der Waals surface area (Å²) in [7, 11) is 0. The molecule has 0 radical (unpaired) electrons. The minimum Gasteiger partial charge on any atom is -0.355 e. The van der Waals surface area contributed by atoms with Crippen LogP contribution in [0.4, 0.5) is 5.69 Å². The molecule has 0 unspecified atom stereocenters. The number of rotatable bonds is 6. The van der Waals surface area contributed by atoms with Crippen molar-refractivity contribution >= 4 is 34.8 Å². The van der Waals surface area contributed by atoms with Gasteiger partial charge in [0.25, 0.3) is 5.69 Å². The third-order valence-corrected chi connectivity index (χ3v) is 3.83. The first kappa shape index (κ1) is 17.2. The summed E-state index contributed by atoms with van der Waals surface area (Å²) in [6.45, 7) is 0.452. The predicted molar refractivity (Wildman–Crippen MR) is 90.0 cm³/mol. The van der Waals surface area contributed by atoms with E-state index >= 15 is 0 Å². The second-order valence-corrected chi connectivity index (χ2v) is 5.78. The van der Waals surface area contributed by atoms with E-state index in [0.717, 1.165) is 11.1 Å². The van der Waals surface area contributed by atoms with Gasteiger partial charge in [0.05, 0.1) is 11.3 Å². The number of nitrogens with one attached hydrogen (secondary N) is 1. The van der Waals surface area contributed by atoms with Gasteiger partial charge in [0.15, 0.2) is 0 Å². The number of hydrogen-bond donors (Lipinski definition) is 1. The number of carbonyl (C=O) groups excluding carboxylic acids is 1. The van der Waals surface area contributed by atoms with Gasteiger partial charge in [-0.25, -0.2) is 0 Å². The van der Waals surface area contributed by atoms with E-state index in [1.807, 2.05) is 6.07 Å². The molecule has 0 aliphatic rings. The lowest BCUT2D eigenvalue weighted by Gasteiger charge is -2.07. The van der Waals surface area contributed by atoms with Crippen LogP contribution >= 0.6 is 23.2 Å². The SMILES string of the molecule is O=C(Cc1ccc([N+](=O)[O-])cc1)NCCc1ccc(Cl)cc1Cl. The Morgan fingerprint density at radius 3 is 2.43 bits per heavy atom. The number of nitro groups is 1. The van der Waals surface area contributed by atoms with Gasteiger partial charge in [-0.1, -0.05) is 41.4 Å². The van der Waals surface area contributed by atoms with Crippen molar-refractivity contribution in [3.8, 4) is 0 Å². The van der Waals surface area contributed by atoms with E-state index in [-0.39, 0.29) is 18.0 Å². The summed E-state index contributed by atoms with van der Waals surface area (Å²) in [6, 6.07) is 11.2. The quantitative estimate of drug-likeness (QED) is 0.634. The number of non-ortho nitro benzene ring substituents is 1. The second kappa shape index (κ2) is 7.94. The maximum atomic E-state index is 11.9. The van der Waals surface area contributed by atoms with Gasteiger partial charge in [0, 0.05) is 28.7 Å². The standard InChI is InChI=1S/C16H14Cl2N2O3/c17-13-4-3-12(15(18)10-13)7-8-19-16(21)9-11-1-5-14(6-2-11)20(22)23/h1-6,10H,7-9H2,(H,19,21). The number of benzene rings is 2. The van der Waals surface area contributed by atoms with Crippen LogP contribution in [0.1, 0.15) is 11.1 Å². The van der Waals surface area contributed by atoms with E-state index in [4.69, 9.17) is 23.2 Å². The molecular formula is C16H14Cl2N2O3. The molecule has 2 aromatic carbocycles. The summed E-state index contributed by atoms with van der Waals surface area (Å²) < 4.78 is 0.